The summed E-state index contributed by atoms with van der Waals surface area (Å²) in [4.78, 5) is 35.1. The molecule has 1 aliphatic heterocycles. The lowest BCUT2D eigenvalue weighted by Gasteiger charge is -2.32. The van der Waals surface area contributed by atoms with Crippen LogP contribution in [0.15, 0.2) is 0 Å². The number of hydrogen-bond donors (Lipinski definition) is 2. The molecule has 9 heteroatoms. The Morgan fingerprint density at radius 3 is 2.55 bits per heavy atom. The molecule has 1 atom stereocenters. The van der Waals surface area contributed by atoms with Crippen LogP contribution in [0.25, 0.3) is 0 Å². The van der Waals surface area contributed by atoms with E-state index in [0.29, 0.717) is 25.9 Å². The van der Waals surface area contributed by atoms with Crippen LogP contribution in [-0.2, 0) is 14.4 Å². The van der Waals surface area contributed by atoms with Gasteiger partial charge in [-0.15, -0.1) is 0 Å². The van der Waals surface area contributed by atoms with Gasteiger partial charge in [0.2, 0.25) is 11.8 Å². The third-order valence-corrected chi connectivity index (χ3v) is 3.44. The van der Waals surface area contributed by atoms with E-state index in [9.17, 15) is 27.6 Å². The van der Waals surface area contributed by atoms with Crippen molar-refractivity contribution in [2.24, 2.45) is 5.92 Å². The van der Waals surface area contributed by atoms with Crippen molar-refractivity contribution in [2.45, 2.75) is 38.3 Å². The van der Waals surface area contributed by atoms with Crippen molar-refractivity contribution in [3.05, 3.63) is 0 Å². The minimum absolute atomic E-state index is 0.0127. The van der Waals surface area contributed by atoms with Crippen LogP contribution in [0.4, 0.5) is 13.2 Å². The van der Waals surface area contributed by atoms with Gasteiger partial charge in [-0.1, -0.05) is 0 Å². The van der Waals surface area contributed by atoms with Crippen molar-refractivity contribution < 1.29 is 32.7 Å². The Morgan fingerprint density at radius 1 is 1.27 bits per heavy atom. The Morgan fingerprint density at radius 2 is 1.95 bits per heavy atom. The highest BCUT2D eigenvalue weighted by molar-refractivity contribution is 5.96. The molecule has 1 saturated heterocycles. The van der Waals surface area contributed by atoms with Crippen LogP contribution >= 0.6 is 0 Å². The van der Waals surface area contributed by atoms with Crippen LogP contribution in [0.3, 0.4) is 0 Å². The third-order valence-electron chi connectivity index (χ3n) is 3.44. The summed E-state index contributed by atoms with van der Waals surface area (Å²) in [6.07, 6.45) is -3.18. The van der Waals surface area contributed by atoms with E-state index in [2.05, 4.69) is 0 Å². The first kappa shape index (κ1) is 18.2. The largest absolute Gasteiger partial charge is 0.481 e. The van der Waals surface area contributed by atoms with Gasteiger partial charge in [-0.2, -0.15) is 13.2 Å². The van der Waals surface area contributed by atoms with Gasteiger partial charge in [0, 0.05) is 19.5 Å². The molecule has 0 spiro atoms. The Kier molecular flexibility index (Phi) is 6.63. The van der Waals surface area contributed by atoms with Crippen molar-refractivity contribution in [3.63, 3.8) is 0 Å². The number of halogens is 3. The molecule has 6 nitrogen and oxygen atoms in total. The Balaban J connectivity index is 2.37. The number of carbonyl (C=O) groups is 3. The quantitative estimate of drug-likeness (QED) is 0.718. The predicted molar refractivity (Wildman–Crippen MR) is 69.9 cm³/mol. The molecule has 22 heavy (non-hydrogen) atoms. The number of piperidine rings is 1. The lowest BCUT2D eigenvalue weighted by Crippen LogP contribution is -2.43. The molecule has 1 aliphatic rings. The fraction of sp³-hybridized carbons (Fsp3) is 0.769. The maximum atomic E-state index is 12.0. The van der Waals surface area contributed by atoms with E-state index in [-0.39, 0.29) is 12.3 Å². The highest BCUT2D eigenvalue weighted by Gasteiger charge is 2.29. The number of amides is 2. The summed E-state index contributed by atoms with van der Waals surface area (Å²) in [6, 6.07) is 0. The fourth-order valence-electron chi connectivity index (χ4n) is 2.37. The topological polar surface area (TPSA) is 86.7 Å². The minimum Gasteiger partial charge on any atom is -0.481 e. The first-order valence-corrected chi connectivity index (χ1v) is 7.00. The van der Waals surface area contributed by atoms with E-state index in [1.807, 2.05) is 0 Å². The Bertz CT molecular complexity index is 426. The highest BCUT2D eigenvalue weighted by atomic mass is 19.4. The van der Waals surface area contributed by atoms with E-state index in [1.165, 1.54) is 4.90 Å². The van der Waals surface area contributed by atoms with E-state index < -0.39 is 36.9 Å². The summed E-state index contributed by atoms with van der Waals surface area (Å²) < 4.78 is 35.9. The number of aliphatic carboxylic acids is 1. The highest BCUT2D eigenvalue weighted by Crippen LogP contribution is 2.21. The maximum Gasteiger partial charge on any atom is 0.405 e. The molecule has 1 heterocycles. The number of nitrogens with one attached hydrogen (secondary N) is 1. The second kappa shape index (κ2) is 8.00. The van der Waals surface area contributed by atoms with Gasteiger partial charge in [0.1, 0.15) is 13.0 Å². The van der Waals surface area contributed by atoms with Crippen LogP contribution < -0.4 is 5.32 Å². The second-order valence-electron chi connectivity index (χ2n) is 5.35. The number of nitrogens with zero attached hydrogens (tertiary/aromatic N) is 1. The number of carboxylic acids is 1. The van der Waals surface area contributed by atoms with Crippen molar-refractivity contribution in [3.8, 4) is 0 Å². The molecular formula is C13H19F3N2O4. The molecule has 2 N–H and O–H groups in total. The minimum atomic E-state index is -4.51. The van der Waals surface area contributed by atoms with E-state index >= 15 is 0 Å². The van der Waals surface area contributed by atoms with Crippen molar-refractivity contribution in [2.75, 3.05) is 19.6 Å². The summed E-state index contributed by atoms with van der Waals surface area (Å²) in [6.45, 7) is -0.673. The van der Waals surface area contributed by atoms with Crippen molar-refractivity contribution in [1.82, 2.24) is 10.2 Å². The van der Waals surface area contributed by atoms with E-state index in [0.717, 1.165) is 6.42 Å². The summed E-state index contributed by atoms with van der Waals surface area (Å²) >= 11 is 0. The van der Waals surface area contributed by atoms with Gasteiger partial charge < -0.3 is 15.3 Å². The standard InChI is InChI=1S/C13H19F3N2O4/c14-13(15,16)8-17-10(19)6-11(20)18-5-1-2-9(7-18)3-4-12(21)22/h9H,1-8H2,(H,17,19)(H,21,22). The number of hydrogen-bond acceptors (Lipinski definition) is 3. The van der Waals surface area contributed by atoms with Crippen LogP contribution in [-0.4, -0.2) is 53.6 Å². The zero-order valence-corrected chi connectivity index (χ0v) is 12.0. The van der Waals surface area contributed by atoms with Crippen molar-refractivity contribution in [1.29, 1.82) is 0 Å². The second-order valence-corrected chi connectivity index (χ2v) is 5.35. The molecule has 0 aromatic carbocycles. The molecule has 0 saturated carbocycles. The SMILES string of the molecule is O=C(O)CCC1CCCN(C(=O)CC(=O)NCC(F)(F)F)C1. The molecule has 2 amide bonds. The van der Waals surface area contributed by atoms with Crippen LogP contribution in [0, 0.1) is 5.92 Å². The molecular weight excluding hydrogens is 305 g/mol. The number of carboxylic acid groups (broad SMARTS) is 1. The third kappa shape index (κ3) is 7.28. The number of rotatable bonds is 6. The maximum absolute atomic E-state index is 12.0. The molecule has 1 rings (SSSR count). The zero-order valence-electron chi connectivity index (χ0n) is 12.0. The monoisotopic (exact) mass is 324 g/mol. The average molecular weight is 324 g/mol. The molecule has 126 valence electrons. The number of alkyl halides is 3. The molecule has 1 fully saturated rings. The molecule has 0 aliphatic carbocycles. The van der Waals surface area contributed by atoms with Gasteiger partial charge >= 0.3 is 12.1 Å². The molecule has 0 aromatic rings. The van der Waals surface area contributed by atoms with Gasteiger partial charge in [-0.05, 0) is 25.2 Å². The smallest absolute Gasteiger partial charge is 0.405 e. The number of likely N-dealkylation sites (tertiary alicyclic amines) is 1. The number of carbonyl (C=O) groups excluding carboxylic acids is 2. The van der Waals surface area contributed by atoms with Crippen LogP contribution in [0.5, 0.6) is 0 Å². The predicted octanol–water partition coefficient (Wildman–Crippen LogP) is 1.16. The fourth-order valence-corrected chi connectivity index (χ4v) is 2.37. The van der Waals surface area contributed by atoms with Crippen LogP contribution in [0.2, 0.25) is 0 Å². The van der Waals surface area contributed by atoms with Gasteiger partial charge in [-0.25, -0.2) is 0 Å². The first-order chi connectivity index (χ1) is 10.2. The van der Waals surface area contributed by atoms with Gasteiger partial charge in [-0.3, -0.25) is 14.4 Å². The average Bonchev–Trinajstić information content (AvgIpc) is 2.42. The van der Waals surface area contributed by atoms with Gasteiger partial charge in [0.15, 0.2) is 0 Å². The lowest BCUT2D eigenvalue weighted by molar-refractivity contribution is -0.144. The summed E-state index contributed by atoms with van der Waals surface area (Å²) in [7, 11) is 0. The molecule has 0 radical (unpaired) electrons. The zero-order chi connectivity index (χ0) is 16.8. The van der Waals surface area contributed by atoms with Crippen molar-refractivity contribution >= 4 is 17.8 Å². The Hall–Kier alpha value is -1.80. The normalized spacial score (nSPS) is 18.9. The first-order valence-electron chi connectivity index (χ1n) is 7.00. The summed E-state index contributed by atoms with van der Waals surface area (Å²) in [5, 5.41) is 10.3. The van der Waals surface area contributed by atoms with E-state index in [1.54, 1.807) is 5.32 Å². The summed E-state index contributed by atoms with van der Waals surface area (Å²) in [5.74, 6) is -2.35. The molecule has 1 unspecified atom stereocenters. The van der Waals surface area contributed by atoms with Gasteiger partial charge in [0.25, 0.3) is 0 Å². The summed E-state index contributed by atoms with van der Waals surface area (Å²) in [5.41, 5.74) is 0. The van der Waals surface area contributed by atoms with E-state index in [4.69, 9.17) is 5.11 Å². The molecule has 0 aromatic heterocycles. The van der Waals surface area contributed by atoms with Gasteiger partial charge in [0.05, 0.1) is 0 Å². The lowest BCUT2D eigenvalue weighted by atomic mass is 9.93. The van der Waals surface area contributed by atoms with Crippen LogP contribution in [0.1, 0.15) is 32.1 Å². The Labute approximate surface area is 125 Å². The molecule has 0 bridgehead atoms.